The van der Waals surface area contributed by atoms with Gasteiger partial charge in [0, 0.05) is 0 Å². The van der Waals surface area contributed by atoms with Crippen LogP contribution >= 0.6 is 0 Å². The van der Waals surface area contributed by atoms with Crippen molar-refractivity contribution in [3.05, 3.63) is 59.7 Å². The van der Waals surface area contributed by atoms with Gasteiger partial charge in [0.2, 0.25) is 0 Å². The van der Waals surface area contributed by atoms with E-state index in [1.54, 1.807) is 0 Å². The number of hydrogen-bond donors (Lipinski definition) is 0. The molecule has 0 heteroatoms. The van der Waals surface area contributed by atoms with Gasteiger partial charge >= 0.3 is 0 Å². The zero-order valence-corrected chi connectivity index (χ0v) is 11.8. The Morgan fingerprint density at radius 1 is 1.17 bits per heavy atom. The molecule has 0 unspecified atom stereocenters. The molecule has 0 radical (unpaired) electrons. The molecule has 0 N–H and O–H groups in total. The molecule has 1 aliphatic carbocycles. The lowest BCUT2D eigenvalue weighted by Gasteiger charge is -2.41. The van der Waals surface area contributed by atoms with Crippen LogP contribution in [0, 0.1) is 5.41 Å². The number of aryl methyl sites for hydroxylation is 1. The molecule has 0 spiro atoms. The van der Waals surface area contributed by atoms with E-state index in [4.69, 9.17) is 0 Å². The van der Waals surface area contributed by atoms with Gasteiger partial charge in [-0.3, -0.25) is 0 Å². The average molecular weight is 240 g/mol. The van der Waals surface area contributed by atoms with Crippen molar-refractivity contribution in [2.75, 3.05) is 0 Å². The first kappa shape index (κ1) is 13.1. The van der Waals surface area contributed by atoms with Gasteiger partial charge in [0.15, 0.2) is 0 Å². The number of hydrogen-bond acceptors (Lipinski definition) is 0. The highest BCUT2D eigenvalue weighted by molar-refractivity contribution is 5.27. The summed E-state index contributed by atoms with van der Waals surface area (Å²) in [6, 6.07) is 8.95. The fraction of sp³-hybridized carbons (Fsp3) is 0.444. The van der Waals surface area contributed by atoms with Gasteiger partial charge in [-0.1, -0.05) is 62.4 Å². The predicted octanol–water partition coefficient (Wildman–Crippen LogP) is 5.09. The molecule has 1 aromatic carbocycles. The van der Waals surface area contributed by atoms with Gasteiger partial charge in [0.05, 0.1) is 0 Å². The Balaban J connectivity index is 1.88. The zero-order valence-electron chi connectivity index (χ0n) is 11.8. The van der Waals surface area contributed by atoms with Crippen LogP contribution < -0.4 is 0 Å². The molecule has 1 aliphatic rings. The molecule has 0 aliphatic heterocycles. The minimum Gasteiger partial charge on any atom is -0.0998 e. The molecule has 0 saturated heterocycles. The zero-order chi connectivity index (χ0) is 13.2. The molecule has 1 saturated carbocycles. The number of benzene rings is 1. The smallest absolute Gasteiger partial charge is 0.00696 e. The summed E-state index contributed by atoms with van der Waals surface area (Å²) < 4.78 is 0. The van der Waals surface area contributed by atoms with Crippen molar-refractivity contribution in [3.8, 4) is 0 Å². The minimum absolute atomic E-state index is 0.442. The van der Waals surface area contributed by atoms with Gasteiger partial charge in [-0.2, -0.15) is 0 Å². The molecule has 0 aromatic heterocycles. The average Bonchev–Trinajstić information content (AvgIpc) is 2.27. The Bertz CT molecular complexity index is 439. The standard InChI is InChI=1S/C18H24/c1-5-16-6-8-17(9-7-16)10-14(2)11-18(4)12-15(3)13-18/h6-9H,2-3,5,10-13H2,1,4H3. The van der Waals surface area contributed by atoms with E-state index in [1.807, 2.05) is 0 Å². The van der Waals surface area contributed by atoms with E-state index in [9.17, 15) is 0 Å². The Morgan fingerprint density at radius 2 is 1.72 bits per heavy atom. The van der Waals surface area contributed by atoms with E-state index in [2.05, 4.69) is 51.3 Å². The second-order valence-corrected chi connectivity index (χ2v) is 6.19. The Labute approximate surface area is 111 Å². The minimum atomic E-state index is 0.442. The highest BCUT2D eigenvalue weighted by Crippen LogP contribution is 2.48. The molecule has 0 amide bonds. The summed E-state index contributed by atoms with van der Waals surface area (Å²) in [5.74, 6) is 0. The maximum absolute atomic E-state index is 4.25. The first-order chi connectivity index (χ1) is 8.50. The van der Waals surface area contributed by atoms with Gasteiger partial charge in [-0.15, -0.1) is 0 Å². The summed E-state index contributed by atoms with van der Waals surface area (Å²) in [5.41, 5.74) is 6.00. The van der Waals surface area contributed by atoms with Crippen molar-refractivity contribution >= 4 is 0 Å². The van der Waals surface area contributed by atoms with Gasteiger partial charge < -0.3 is 0 Å². The molecule has 2 rings (SSSR count). The van der Waals surface area contributed by atoms with Crippen LogP contribution in [-0.4, -0.2) is 0 Å². The number of rotatable bonds is 5. The molecule has 18 heavy (non-hydrogen) atoms. The highest BCUT2D eigenvalue weighted by Gasteiger charge is 2.34. The lowest BCUT2D eigenvalue weighted by Crippen LogP contribution is -2.28. The molecule has 1 aromatic rings. The monoisotopic (exact) mass is 240 g/mol. The van der Waals surface area contributed by atoms with Crippen LogP contribution in [0.25, 0.3) is 0 Å². The van der Waals surface area contributed by atoms with Gasteiger partial charge in [-0.25, -0.2) is 0 Å². The maximum atomic E-state index is 4.25. The highest BCUT2D eigenvalue weighted by atomic mass is 14.4. The van der Waals surface area contributed by atoms with E-state index in [-0.39, 0.29) is 0 Å². The van der Waals surface area contributed by atoms with Crippen molar-refractivity contribution < 1.29 is 0 Å². The van der Waals surface area contributed by atoms with E-state index < -0.39 is 0 Å². The molecule has 0 heterocycles. The fourth-order valence-electron chi connectivity index (χ4n) is 3.13. The van der Waals surface area contributed by atoms with Gasteiger partial charge in [-0.05, 0) is 48.6 Å². The maximum Gasteiger partial charge on any atom is -0.00696 e. The van der Waals surface area contributed by atoms with Crippen LogP contribution in [0.5, 0.6) is 0 Å². The lowest BCUT2D eigenvalue weighted by molar-refractivity contribution is 0.236. The SMILES string of the molecule is C=C(Cc1ccc(CC)cc1)CC1(C)CC(=C)C1. The first-order valence-corrected chi connectivity index (χ1v) is 6.92. The third-order valence-corrected chi connectivity index (χ3v) is 3.92. The van der Waals surface area contributed by atoms with Crippen molar-refractivity contribution in [1.82, 2.24) is 0 Å². The van der Waals surface area contributed by atoms with E-state index in [0.29, 0.717) is 5.41 Å². The Kier molecular flexibility index (Phi) is 3.75. The van der Waals surface area contributed by atoms with Crippen LogP contribution in [0.4, 0.5) is 0 Å². The topological polar surface area (TPSA) is 0 Å². The third-order valence-electron chi connectivity index (χ3n) is 3.92. The molecule has 96 valence electrons. The summed E-state index contributed by atoms with van der Waals surface area (Å²) >= 11 is 0. The van der Waals surface area contributed by atoms with Gasteiger partial charge in [0.1, 0.15) is 0 Å². The molecular formula is C18H24. The quantitative estimate of drug-likeness (QED) is 0.628. The molecule has 0 atom stereocenters. The molecule has 0 nitrogen and oxygen atoms in total. The van der Waals surface area contributed by atoms with Crippen molar-refractivity contribution in [2.45, 2.75) is 46.0 Å². The summed E-state index contributed by atoms with van der Waals surface area (Å²) in [6.07, 6.45) is 5.64. The fourth-order valence-corrected chi connectivity index (χ4v) is 3.13. The van der Waals surface area contributed by atoms with Gasteiger partial charge in [0.25, 0.3) is 0 Å². The number of allylic oxidation sites excluding steroid dienone is 2. The van der Waals surface area contributed by atoms with Crippen molar-refractivity contribution in [1.29, 1.82) is 0 Å². The van der Waals surface area contributed by atoms with Crippen LogP contribution in [0.15, 0.2) is 48.6 Å². The van der Waals surface area contributed by atoms with Crippen LogP contribution in [-0.2, 0) is 12.8 Å². The Hall–Kier alpha value is -1.30. The van der Waals surface area contributed by atoms with Crippen LogP contribution in [0.1, 0.15) is 44.2 Å². The summed E-state index contributed by atoms with van der Waals surface area (Å²) in [5, 5.41) is 0. The van der Waals surface area contributed by atoms with E-state index >= 15 is 0 Å². The second-order valence-electron chi connectivity index (χ2n) is 6.19. The van der Waals surface area contributed by atoms with Crippen LogP contribution in [0.2, 0.25) is 0 Å². The Morgan fingerprint density at radius 3 is 2.22 bits per heavy atom. The van der Waals surface area contributed by atoms with Crippen LogP contribution in [0.3, 0.4) is 0 Å². The normalized spacial score (nSPS) is 17.3. The molecular weight excluding hydrogens is 216 g/mol. The third kappa shape index (κ3) is 3.13. The van der Waals surface area contributed by atoms with E-state index in [1.165, 1.54) is 35.1 Å². The first-order valence-electron chi connectivity index (χ1n) is 6.92. The predicted molar refractivity (Wildman–Crippen MR) is 79.8 cm³/mol. The summed E-state index contributed by atoms with van der Waals surface area (Å²) in [4.78, 5) is 0. The lowest BCUT2D eigenvalue weighted by atomic mass is 9.64. The van der Waals surface area contributed by atoms with Crippen molar-refractivity contribution in [3.63, 3.8) is 0 Å². The largest absolute Gasteiger partial charge is 0.0998 e. The van der Waals surface area contributed by atoms with E-state index in [0.717, 1.165) is 19.3 Å². The molecule has 0 bridgehead atoms. The summed E-state index contributed by atoms with van der Waals surface area (Å²) in [7, 11) is 0. The second kappa shape index (κ2) is 5.14. The van der Waals surface area contributed by atoms with Crippen molar-refractivity contribution in [2.24, 2.45) is 5.41 Å². The molecule has 1 fully saturated rings. The summed E-state index contributed by atoms with van der Waals surface area (Å²) in [6.45, 7) is 12.8.